The average molecular weight is 346 g/mol. The van der Waals surface area contributed by atoms with Crippen LogP contribution in [0.4, 0.5) is 11.4 Å². The molecule has 2 aromatic rings. The van der Waals surface area contributed by atoms with E-state index in [1.54, 1.807) is 6.07 Å². The normalized spacial score (nSPS) is 11.2. The van der Waals surface area contributed by atoms with Gasteiger partial charge in [0.2, 0.25) is 15.9 Å². The number of nitrogens with one attached hydrogen (secondary N) is 1. The molecule has 0 saturated carbocycles. The lowest BCUT2D eigenvalue weighted by Gasteiger charge is -2.25. The van der Waals surface area contributed by atoms with Gasteiger partial charge in [-0.1, -0.05) is 30.3 Å². The fourth-order valence-corrected chi connectivity index (χ4v) is 3.59. The molecule has 0 spiro atoms. The maximum absolute atomic E-state index is 12.4. The first-order valence-electron chi connectivity index (χ1n) is 7.59. The first kappa shape index (κ1) is 18.0. The van der Waals surface area contributed by atoms with Crippen molar-refractivity contribution in [2.45, 2.75) is 20.8 Å². The molecule has 0 fully saturated rings. The fraction of sp³-hybridized carbons (Fsp3) is 0.278. The van der Waals surface area contributed by atoms with Gasteiger partial charge in [0.05, 0.1) is 11.9 Å². The van der Waals surface area contributed by atoms with Gasteiger partial charge in [0.1, 0.15) is 6.54 Å². The Balaban J connectivity index is 2.29. The van der Waals surface area contributed by atoms with Crippen LogP contribution in [0.3, 0.4) is 0 Å². The van der Waals surface area contributed by atoms with Gasteiger partial charge in [-0.15, -0.1) is 0 Å². The number of amides is 1. The van der Waals surface area contributed by atoms with Crippen molar-refractivity contribution in [3.05, 3.63) is 59.2 Å². The standard InChI is InChI=1S/C18H22N2O3S/c1-13-7-5-10-16(11-13)19-17(21)12-20(24(4,22)23)18-14(2)8-6-9-15(18)3/h5-11H,12H2,1-4H3,(H,19,21). The van der Waals surface area contributed by atoms with E-state index < -0.39 is 10.0 Å². The second-order valence-electron chi connectivity index (χ2n) is 5.93. The maximum atomic E-state index is 12.4. The zero-order valence-electron chi connectivity index (χ0n) is 14.3. The van der Waals surface area contributed by atoms with Gasteiger partial charge in [-0.25, -0.2) is 8.42 Å². The summed E-state index contributed by atoms with van der Waals surface area (Å²) in [5, 5.41) is 2.75. The van der Waals surface area contributed by atoms with Gasteiger partial charge in [0.15, 0.2) is 0 Å². The van der Waals surface area contributed by atoms with Crippen LogP contribution in [-0.4, -0.2) is 27.1 Å². The lowest BCUT2D eigenvalue weighted by Crippen LogP contribution is -2.38. The van der Waals surface area contributed by atoms with Gasteiger partial charge < -0.3 is 5.32 Å². The van der Waals surface area contributed by atoms with Crippen molar-refractivity contribution in [3.8, 4) is 0 Å². The summed E-state index contributed by atoms with van der Waals surface area (Å²) in [6, 6.07) is 12.9. The van der Waals surface area contributed by atoms with Crippen LogP contribution in [0.2, 0.25) is 0 Å². The molecule has 0 heterocycles. The van der Waals surface area contributed by atoms with Crippen LogP contribution in [0.25, 0.3) is 0 Å². The minimum Gasteiger partial charge on any atom is -0.325 e. The van der Waals surface area contributed by atoms with E-state index in [1.807, 2.05) is 57.2 Å². The number of rotatable bonds is 5. The second-order valence-corrected chi connectivity index (χ2v) is 7.83. The number of carbonyl (C=O) groups excluding carboxylic acids is 1. The van der Waals surface area contributed by atoms with Gasteiger partial charge in [0.25, 0.3) is 0 Å². The highest BCUT2D eigenvalue weighted by Gasteiger charge is 2.23. The predicted octanol–water partition coefficient (Wildman–Crippen LogP) is 3.02. The Hall–Kier alpha value is -2.34. The van der Waals surface area contributed by atoms with Crippen molar-refractivity contribution in [2.75, 3.05) is 22.4 Å². The van der Waals surface area contributed by atoms with Gasteiger partial charge in [-0.05, 0) is 49.6 Å². The quantitative estimate of drug-likeness (QED) is 0.905. The monoisotopic (exact) mass is 346 g/mol. The molecule has 0 atom stereocenters. The Morgan fingerprint density at radius 1 is 1.04 bits per heavy atom. The number of nitrogens with zero attached hydrogens (tertiary/aromatic N) is 1. The molecule has 0 aliphatic heterocycles. The topological polar surface area (TPSA) is 66.5 Å². The number of hydrogen-bond donors (Lipinski definition) is 1. The molecule has 0 aromatic heterocycles. The smallest absolute Gasteiger partial charge is 0.245 e. The van der Waals surface area contributed by atoms with Crippen LogP contribution < -0.4 is 9.62 Å². The van der Waals surface area contributed by atoms with Crippen molar-refractivity contribution >= 4 is 27.3 Å². The molecule has 5 nitrogen and oxygen atoms in total. The van der Waals surface area contributed by atoms with Gasteiger partial charge in [0, 0.05) is 5.69 Å². The molecular formula is C18H22N2O3S. The lowest BCUT2D eigenvalue weighted by atomic mass is 10.1. The summed E-state index contributed by atoms with van der Waals surface area (Å²) in [4.78, 5) is 12.4. The summed E-state index contributed by atoms with van der Waals surface area (Å²) in [6.45, 7) is 5.32. The Morgan fingerprint density at radius 3 is 2.17 bits per heavy atom. The first-order chi connectivity index (χ1) is 11.2. The molecule has 0 unspecified atom stereocenters. The van der Waals surface area contributed by atoms with Gasteiger partial charge in [-0.3, -0.25) is 9.10 Å². The number of para-hydroxylation sites is 1. The van der Waals surface area contributed by atoms with Crippen LogP contribution in [-0.2, 0) is 14.8 Å². The summed E-state index contributed by atoms with van der Waals surface area (Å²) in [5.74, 6) is -0.381. The van der Waals surface area contributed by atoms with Gasteiger partial charge in [-0.2, -0.15) is 0 Å². The van der Waals surface area contributed by atoms with Crippen molar-refractivity contribution in [1.82, 2.24) is 0 Å². The number of benzene rings is 2. The minimum atomic E-state index is -3.59. The van der Waals surface area contributed by atoms with Crippen LogP contribution in [0, 0.1) is 20.8 Å². The van der Waals surface area contributed by atoms with E-state index in [0.29, 0.717) is 11.4 Å². The van der Waals surface area contributed by atoms with Crippen LogP contribution in [0.5, 0.6) is 0 Å². The third kappa shape index (κ3) is 4.35. The molecule has 6 heteroatoms. The maximum Gasteiger partial charge on any atom is 0.245 e. The summed E-state index contributed by atoms with van der Waals surface area (Å²) in [5.41, 5.74) is 3.84. The molecule has 0 aliphatic rings. The SMILES string of the molecule is Cc1cccc(NC(=O)CN(c2c(C)cccc2C)S(C)(=O)=O)c1. The largest absolute Gasteiger partial charge is 0.325 e. The summed E-state index contributed by atoms with van der Waals surface area (Å²) in [6.07, 6.45) is 1.11. The van der Waals surface area contributed by atoms with E-state index >= 15 is 0 Å². The fourth-order valence-electron chi connectivity index (χ4n) is 2.61. The van der Waals surface area contributed by atoms with Crippen LogP contribution in [0.1, 0.15) is 16.7 Å². The molecule has 1 N–H and O–H groups in total. The molecular weight excluding hydrogens is 324 g/mol. The summed E-state index contributed by atoms with van der Waals surface area (Å²) >= 11 is 0. The van der Waals surface area contributed by atoms with E-state index in [2.05, 4.69) is 5.32 Å². The van der Waals surface area contributed by atoms with E-state index in [1.165, 1.54) is 0 Å². The summed E-state index contributed by atoms with van der Waals surface area (Å²) in [7, 11) is -3.59. The second kappa shape index (κ2) is 7.05. The highest BCUT2D eigenvalue weighted by molar-refractivity contribution is 7.92. The molecule has 0 radical (unpaired) electrons. The number of hydrogen-bond acceptors (Lipinski definition) is 3. The van der Waals surface area contributed by atoms with Crippen LogP contribution in [0.15, 0.2) is 42.5 Å². The van der Waals surface area contributed by atoms with Crippen molar-refractivity contribution in [1.29, 1.82) is 0 Å². The molecule has 0 bridgehead atoms. The van der Waals surface area contributed by atoms with Crippen molar-refractivity contribution in [2.24, 2.45) is 0 Å². The number of sulfonamides is 1. The number of aryl methyl sites for hydroxylation is 3. The van der Waals surface area contributed by atoms with Crippen molar-refractivity contribution < 1.29 is 13.2 Å². The molecule has 0 saturated heterocycles. The molecule has 0 aliphatic carbocycles. The Labute approximate surface area is 143 Å². The van der Waals surface area contributed by atoms with E-state index in [0.717, 1.165) is 27.3 Å². The van der Waals surface area contributed by atoms with E-state index in [4.69, 9.17) is 0 Å². The molecule has 1 amide bonds. The summed E-state index contributed by atoms with van der Waals surface area (Å²) < 4.78 is 25.6. The zero-order chi connectivity index (χ0) is 17.9. The molecule has 128 valence electrons. The van der Waals surface area contributed by atoms with Crippen LogP contribution >= 0.6 is 0 Å². The minimum absolute atomic E-state index is 0.265. The Kier molecular flexibility index (Phi) is 5.29. The highest BCUT2D eigenvalue weighted by atomic mass is 32.2. The lowest BCUT2D eigenvalue weighted by molar-refractivity contribution is -0.114. The Morgan fingerprint density at radius 2 is 1.62 bits per heavy atom. The van der Waals surface area contributed by atoms with Gasteiger partial charge >= 0.3 is 0 Å². The van der Waals surface area contributed by atoms with Crippen molar-refractivity contribution in [3.63, 3.8) is 0 Å². The zero-order valence-corrected chi connectivity index (χ0v) is 15.1. The molecule has 2 aromatic carbocycles. The van der Waals surface area contributed by atoms with E-state index in [9.17, 15) is 13.2 Å². The molecule has 24 heavy (non-hydrogen) atoms. The average Bonchev–Trinajstić information content (AvgIpc) is 2.45. The third-order valence-electron chi connectivity index (χ3n) is 3.68. The first-order valence-corrected chi connectivity index (χ1v) is 9.44. The Bertz CT molecular complexity index is 840. The number of anilines is 2. The predicted molar refractivity (Wildman–Crippen MR) is 97.9 cm³/mol. The third-order valence-corrected chi connectivity index (χ3v) is 4.79. The highest BCUT2D eigenvalue weighted by Crippen LogP contribution is 2.26. The van der Waals surface area contributed by atoms with E-state index in [-0.39, 0.29) is 12.5 Å². The molecule has 2 rings (SSSR count). The number of carbonyl (C=O) groups is 1.